The molecule has 1 fully saturated rings. The van der Waals surface area contributed by atoms with Gasteiger partial charge in [0.05, 0.1) is 13.2 Å². The monoisotopic (exact) mass is 508 g/mol. The van der Waals surface area contributed by atoms with Crippen LogP contribution < -0.4 is 14.8 Å². The number of nitrogens with zero attached hydrogens (tertiary/aromatic N) is 1. The summed E-state index contributed by atoms with van der Waals surface area (Å²) < 4.78 is 11.4. The van der Waals surface area contributed by atoms with E-state index in [0.717, 1.165) is 42.4 Å². The maximum absolute atomic E-state index is 13.7. The van der Waals surface area contributed by atoms with Crippen molar-refractivity contribution in [3.05, 3.63) is 59.2 Å². The summed E-state index contributed by atoms with van der Waals surface area (Å²) >= 11 is 0. The molecule has 1 N–H and O–H groups in total. The molecule has 0 bridgehead atoms. The number of amides is 2. The van der Waals surface area contributed by atoms with Gasteiger partial charge in [-0.2, -0.15) is 0 Å². The van der Waals surface area contributed by atoms with E-state index in [1.54, 1.807) is 4.90 Å². The molecule has 2 aromatic carbocycles. The van der Waals surface area contributed by atoms with Gasteiger partial charge < -0.3 is 19.7 Å². The zero-order chi connectivity index (χ0) is 26.6. The fourth-order valence-electron chi connectivity index (χ4n) is 5.08. The molecule has 0 aliphatic heterocycles. The van der Waals surface area contributed by atoms with Crippen molar-refractivity contribution in [2.24, 2.45) is 0 Å². The van der Waals surface area contributed by atoms with Crippen molar-refractivity contribution in [3.63, 3.8) is 0 Å². The molecule has 1 aliphatic rings. The van der Waals surface area contributed by atoms with Gasteiger partial charge in [-0.15, -0.1) is 0 Å². The van der Waals surface area contributed by atoms with Crippen LogP contribution in [0.5, 0.6) is 11.5 Å². The van der Waals surface area contributed by atoms with Gasteiger partial charge in [0.15, 0.2) is 11.5 Å². The van der Waals surface area contributed by atoms with Crippen LogP contribution in [0.4, 0.5) is 0 Å². The number of hydrogen-bond acceptors (Lipinski definition) is 4. The highest BCUT2D eigenvalue weighted by atomic mass is 16.5. The first-order valence-electron chi connectivity index (χ1n) is 14.0. The largest absolute Gasteiger partial charge is 0.490 e. The topological polar surface area (TPSA) is 67.9 Å². The zero-order valence-corrected chi connectivity index (χ0v) is 23.1. The Morgan fingerprint density at radius 1 is 0.973 bits per heavy atom. The van der Waals surface area contributed by atoms with Gasteiger partial charge in [-0.1, -0.05) is 56.5 Å². The van der Waals surface area contributed by atoms with Crippen molar-refractivity contribution < 1.29 is 19.1 Å². The zero-order valence-electron chi connectivity index (χ0n) is 23.1. The molecule has 1 unspecified atom stereocenters. The standard InChI is InChI=1S/C31H44N2O4/c1-5-27(31(35)32-26-15-9-8-10-16-26)33(22-25-14-12-11-13-23(25)4)30(34)20-18-24-17-19-28(36-6-2)29(21-24)37-7-3/h11-14,17,19,21,26-27H,5-10,15-16,18,20,22H2,1-4H3,(H,32,35). The molecule has 2 aromatic rings. The minimum atomic E-state index is -0.492. The summed E-state index contributed by atoms with van der Waals surface area (Å²) in [6.07, 6.45) is 7.04. The maximum atomic E-state index is 13.7. The second kappa shape index (κ2) is 14.7. The lowest BCUT2D eigenvalue weighted by atomic mass is 9.95. The van der Waals surface area contributed by atoms with Crippen LogP contribution in [0.2, 0.25) is 0 Å². The van der Waals surface area contributed by atoms with E-state index in [4.69, 9.17) is 9.47 Å². The van der Waals surface area contributed by atoms with Crippen molar-refractivity contribution in [3.8, 4) is 11.5 Å². The van der Waals surface area contributed by atoms with Crippen molar-refractivity contribution in [2.75, 3.05) is 13.2 Å². The molecular formula is C31H44N2O4. The van der Waals surface area contributed by atoms with Crippen molar-refractivity contribution in [1.82, 2.24) is 10.2 Å². The van der Waals surface area contributed by atoms with Gasteiger partial charge in [0.25, 0.3) is 0 Å². The van der Waals surface area contributed by atoms with E-state index in [1.807, 2.05) is 57.2 Å². The number of ether oxygens (including phenoxy) is 2. The van der Waals surface area contributed by atoms with E-state index < -0.39 is 6.04 Å². The van der Waals surface area contributed by atoms with Crippen LogP contribution in [-0.2, 0) is 22.6 Å². The van der Waals surface area contributed by atoms with Crippen LogP contribution in [0, 0.1) is 6.92 Å². The number of hydrogen-bond donors (Lipinski definition) is 1. The lowest BCUT2D eigenvalue weighted by molar-refractivity contribution is -0.141. The fourth-order valence-corrected chi connectivity index (χ4v) is 5.08. The molecule has 37 heavy (non-hydrogen) atoms. The van der Waals surface area contributed by atoms with Gasteiger partial charge in [-0.05, 0) is 75.3 Å². The van der Waals surface area contributed by atoms with Crippen LogP contribution in [-0.4, -0.2) is 42.0 Å². The average Bonchev–Trinajstić information content (AvgIpc) is 2.90. The lowest BCUT2D eigenvalue weighted by Crippen LogP contribution is -2.51. The summed E-state index contributed by atoms with van der Waals surface area (Å²) in [5.74, 6) is 1.37. The summed E-state index contributed by atoms with van der Waals surface area (Å²) in [5, 5.41) is 3.26. The molecule has 6 nitrogen and oxygen atoms in total. The van der Waals surface area contributed by atoms with Gasteiger partial charge in [0.2, 0.25) is 11.8 Å². The Morgan fingerprint density at radius 2 is 1.68 bits per heavy atom. The third-order valence-corrected chi connectivity index (χ3v) is 7.17. The van der Waals surface area contributed by atoms with Crippen LogP contribution in [0.25, 0.3) is 0 Å². The van der Waals surface area contributed by atoms with Gasteiger partial charge in [-0.25, -0.2) is 0 Å². The Labute approximate surface area is 222 Å². The van der Waals surface area contributed by atoms with Crippen LogP contribution in [0.1, 0.15) is 82.4 Å². The first kappa shape index (κ1) is 28.5. The van der Waals surface area contributed by atoms with E-state index in [2.05, 4.69) is 18.3 Å². The van der Waals surface area contributed by atoms with Gasteiger partial charge >= 0.3 is 0 Å². The Morgan fingerprint density at radius 3 is 2.35 bits per heavy atom. The predicted molar refractivity (Wildman–Crippen MR) is 148 cm³/mol. The number of carbonyl (C=O) groups excluding carboxylic acids is 2. The van der Waals surface area contributed by atoms with Crippen LogP contribution in [0.15, 0.2) is 42.5 Å². The molecule has 0 aromatic heterocycles. The lowest BCUT2D eigenvalue weighted by Gasteiger charge is -2.33. The predicted octanol–water partition coefficient (Wildman–Crippen LogP) is 5.98. The van der Waals surface area contributed by atoms with E-state index in [1.165, 1.54) is 6.42 Å². The Kier molecular flexibility index (Phi) is 11.3. The quantitative estimate of drug-likeness (QED) is 0.361. The van der Waals surface area contributed by atoms with Crippen molar-refractivity contribution >= 4 is 11.8 Å². The summed E-state index contributed by atoms with van der Waals surface area (Å²) in [5.41, 5.74) is 3.20. The third kappa shape index (κ3) is 8.24. The smallest absolute Gasteiger partial charge is 0.243 e. The molecule has 0 heterocycles. The summed E-state index contributed by atoms with van der Waals surface area (Å²) in [7, 11) is 0. The molecule has 1 atom stereocenters. The summed E-state index contributed by atoms with van der Waals surface area (Å²) in [4.78, 5) is 28.9. The van der Waals surface area contributed by atoms with Crippen LogP contribution in [0.3, 0.4) is 0 Å². The minimum Gasteiger partial charge on any atom is -0.490 e. The van der Waals surface area contributed by atoms with Crippen molar-refractivity contribution in [2.45, 2.75) is 97.7 Å². The second-order valence-electron chi connectivity index (χ2n) is 9.86. The molecule has 0 spiro atoms. The van der Waals surface area contributed by atoms with Gasteiger partial charge in [0.1, 0.15) is 6.04 Å². The highest BCUT2D eigenvalue weighted by molar-refractivity contribution is 5.88. The Balaban J connectivity index is 1.77. The molecular weight excluding hydrogens is 464 g/mol. The molecule has 0 saturated heterocycles. The van der Waals surface area contributed by atoms with Crippen molar-refractivity contribution in [1.29, 1.82) is 0 Å². The molecule has 3 rings (SSSR count). The van der Waals surface area contributed by atoms with E-state index >= 15 is 0 Å². The first-order valence-corrected chi connectivity index (χ1v) is 14.0. The van der Waals surface area contributed by atoms with Crippen LogP contribution >= 0.6 is 0 Å². The molecule has 1 aliphatic carbocycles. The normalized spacial score (nSPS) is 14.6. The number of nitrogens with one attached hydrogen (secondary N) is 1. The maximum Gasteiger partial charge on any atom is 0.243 e. The number of aryl methyl sites for hydroxylation is 2. The summed E-state index contributed by atoms with van der Waals surface area (Å²) in [6.45, 7) is 9.46. The molecule has 6 heteroatoms. The first-order chi connectivity index (χ1) is 18.0. The fraction of sp³-hybridized carbons (Fsp3) is 0.548. The second-order valence-corrected chi connectivity index (χ2v) is 9.86. The SMILES string of the molecule is CCOc1ccc(CCC(=O)N(Cc2ccccc2C)C(CC)C(=O)NC2CCCCC2)cc1OCC. The summed E-state index contributed by atoms with van der Waals surface area (Å²) in [6, 6.07) is 13.7. The molecule has 202 valence electrons. The third-order valence-electron chi connectivity index (χ3n) is 7.17. The number of rotatable bonds is 13. The van der Waals surface area contributed by atoms with Gasteiger partial charge in [0, 0.05) is 19.0 Å². The Bertz CT molecular complexity index is 1020. The van der Waals surface area contributed by atoms with E-state index in [9.17, 15) is 9.59 Å². The highest BCUT2D eigenvalue weighted by Gasteiger charge is 2.30. The average molecular weight is 509 g/mol. The Hall–Kier alpha value is -3.02. The van der Waals surface area contributed by atoms with E-state index in [0.29, 0.717) is 50.5 Å². The molecule has 0 radical (unpaired) electrons. The minimum absolute atomic E-state index is 0.0132. The number of benzene rings is 2. The molecule has 2 amide bonds. The van der Waals surface area contributed by atoms with E-state index in [-0.39, 0.29) is 17.9 Å². The van der Waals surface area contributed by atoms with Gasteiger partial charge in [-0.3, -0.25) is 9.59 Å². The molecule has 1 saturated carbocycles. The number of carbonyl (C=O) groups is 2. The highest BCUT2D eigenvalue weighted by Crippen LogP contribution is 2.29.